The molecule has 2 aromatic heterocycles. The first-order valence-electron chi connectivity index (χ1n) is 9.30. The van der Waals surface area contributed by atoms with Crippen LogP contribution in [0.3, 0.4) is 0 Å². The topological polar surface area (TPSA) is 81.3 Å². The molecule has 1 aliphatic carbocycles. The molecule has 5 rings (SSSR count). The minimum atomic E-state index is -0.471. The summed E-state index contributed by atoms with van der Waals surface area (Å²) in [5.41, 5.74) is 9.48. The SMILES string of the molecule is COc1cc(-c2cccc3c(N)c4c(nc23)CN(C2CCC2)C4=O)c(F)cn1. The van der Waals surface area contributed by atoms with Gasteiger partial charge in [0.05, 0.1) is 42.3 Å². The maximum absolute atomic E-state index is 14.5. The van der Waals surface area contributed by atoms with Gasteiger partial charge in [-0.25, -0.2) is 14.4 Å². The molecule has 7 heteroatoms. The molecule has 142 valence electrons. The van der Waals surface area contributed by atoms with Crippen LogP contribution in [0.25, 0.3) is 22.0 Å². The summed E-state index contributed by atoms with van der Waals surface area (Å²) in [7, 11) is 1.48. The third kappa shape index (κ3) is 2.35. The van der Waals surface area contributed by atoms with E-state index in [0.29, 0.717) is 51.4 Å². The molecule has 0 bridgehead atoms. The van der Waals surface area contributed by atoms with E-state index >= 15 is 0 Å². The fourth-order valence-electron chi connectivity index (χ4n) is 4.04. The summed E-state index contributed by atoms with van der Waals surface area (Å²) in [4.78, 5) is 23.4. The Labute approximate surface area is 161 Å². The van der Waals surface area contributed by atoms with Crippen LogP contribution in [0.4, 0.5) is 10.1 Å². The van der Waals surface area contributed by atoms with Gasteiger partial charge in [-0.05, 0) is 19.3 Å². The normalized spacial score (nSPS) is 16.4. The van der Waals surface area contributed by atoms with Crippen LogP contribution in [0, 0.1) is 5.82 Å². The van der Waals surface area contributed by atoms with E-state index in [1.807, 2.05) is 11.0 Å². The third-order valence-electron chi connectivity index (χ3n) is 5.77. The van der Waals surface area contributed by atoms with Crippen molar-refractivity contribution in [1.82, 2.24) is 14.9 Å². The standard InChI is InChI=1S/C21H19FN4O2/c1-28-17-8-14(15(22)9-24-17)12-6-3-7-13-19(23)18-16(25-20(12)13)10-26(21(18)27)11-4-2-5-11/h3,6-9,11H,2,4-5,10H2,1H3,(H2,23,25). The molecule has 0 unspecified atom stereocenters. The van der Waals surface area contributed by atoms with E-state index in [-0.39, 0.29) is 11.9 Å². The van der Waals surface area contributed by atoms with E-state index < -0.39 is 5.82 Å². The number of anilines is 1. The number of carbonyl (C=O) groups excluding carboxylic acids is 1. The number of ether oxygens (including phenoxy) is 1. The van der Waals surface area contributed by atoms with Crippen LogP contribution in [-0.2, 0) is 6.54 Å². The van der Waals surface area contributed by atoms with Crippen molar-refractivity contribution in [3.63, 3.8) is 0 Å². The molecule has 2 N–H and O–H groups in total. The van der Waals surface area contributed by atoms with E-state index in [9.17, 15) is 9.18 Å². The predicted octanol–water partition coefficient (Wildman–Crippen LogP) is 3.54. The molecule has 1 aliphatic heterocycles. The second-order valence-electron chi connectivity index (χ2n) is 7.27. The van der Waals surface area contributed by atoms with E-state index in [1.54, 1.807) is 18.2 Å². The quantitative estimate of drug-likeness (QED) is 0.754. The van der Waals surface area contributed by atoms with Gasteiger partial charge in [-0.15, -0.1) is 0 Å². The van der Waals surface area contributed by atoms with Gasteiger partial charge < -0.3 is 15.4 Å². The smallest absolute Gasteiger partial charge is 0.258 e. The minimum absolute atomic E-state index is 0.0474. The average Bonchev–Trinajstić information content (AvgIpc) is 2.97. The highest BCUT2D eigenvalue weighted by atomic mass is 19.1. The predicted molar refractivity (Wildman–Crippen MR) is 103 cm³/mol. The van der Waals surface area contributed by atoms with Gasteiger partial charge in [0, 0.05) is 28.6 Å². The number of pyridine rings is 2. The number of para-hydroxylation sites is 1. The molecule has 1 fully saturated rings. The zero-order valence-electron chi connectivity index (χ0n) is 15.4. The molecule has 1 saturated carbocycles. The van der Waals surface area contributed by atoms with Crippen LogP contribution in [0.15, 0.2) is 30.5 Å². The number of benzene rings is 1. The van der Waals surface area contributed by atoms with E-state index in [0.717, 1.165) is 25.5 Å². The largest absolute Gasteiger partial charge is 0.481 e. The first-order chi connectivity index (χ1) is 13.6. The van der Waals surface area contributed by atoms with Gasteiger partial charge in [0.25, 0.3) is 5.91 Å². The Hall–Kier alpha value is -3.22. The molecule has 2 aliphatic rings. The van der Waals surface area contributed by atoms with Crippen LogP contribution in [0.2, 0.25) is 0 Å². The zero-order chi connectivity index (χ0) is 19.4. The summed E-state index contributed by atoms with van der Waals surface area (Å²) < 4.78 is 19.7. The highest BCUT2D eigenvalue weighted by molar-refractivity contribution is 6.11. The van der Waals surface area contributed by atoms with Crippen LogP contribution < -0.4 is 10.5 Å². The molecule has 0 saturated heterocycles. The second-order valence-corrected chi connectivity index (χ2v) is 7.27. The Morgan fingerprint density at radius 3 is 2.82 bits per heavy atom. The van der Waals surface area contributed by atoms with E-state index in [1.165, 1.54) is 7.11 Å². The van der Waals surface area contributed by atoms with Gasteiger partial charge in [-0.2, -0.15) is 0 Å². The molecule has 1 aromatic carbocycles. The molecule has 6 nitrogen and oxygen atoms in total. The van der Waals surface area contributed by atoms with Gasteiger partial charge in [-0.1, -0.05) is 18.2 Å². The average molecular weight is 378 g/mol. The lowest BCUT2D eigenvalue weighted by Gasteiger charge is -2.34. The van der Waals surface area contributed by atoms with Crippen LogP contribution >= 0.6 is 0 Å². The van der Waals surface area contributed by atoms with Crippen molar-refractivity contribution in [2.75, 3.05) is 12.8 Å². The van der Waals surface area contributed by atoms with E-state index in [4.69, 9.17) is 15.5 Å². The Bertz CT molecular complexity index is 1130. The second kappa shape index (κ2) is 6.15. The Kier molecular flexibility index (Phi) is 3.72. The number of carbonyl (C=O) groups is 1. The van der Waals surface area contributed by atoms with Gasteiger partial charge in [0.2, 0.25) is 5.88 Å². The third-order valence-corrected chi connectivity index (χ3v) is 5.77. The fraction of sp³-hybridized carbons (Fsp3) is 0.286. The fourth-order valence-corrected chi connectivity index (χ4v) is 4.04. The Balaban J connectivity index is 1.71. The van der Waals surface area contributed by atoms with Crippen LogP contribution in [-0.4, -0.2) is 33.9 Å². The molecule has 0 spiro atoms. The van der Waals surface area contributed by atoms with Gasteiger partial charge in [0.1, 0.15) is 5.82 Å². The highest BCUT2D eigenvalue weighted by Gasteiger charge is 2.38. The number of nitrogens with zero attached hydrogens (tertiary/aromatic N) is 3. The molecular weight excluding hydrogens is 359 g/mol. The summed E-state index contributed by atoms with van der Waals surface area (Å²) >= 11 is 0. The zero-order valence-corrected chi connectivity index (χ0v) is 15.4. The highest BCUT2D eigenvalue weighted by Crippen LogP contribution is 2.39. The summed E-state index contributed by atoms with van der Waals surface area (Å²) in [6, 6.07) is 7.21. The van der Waals surface area contributed by atoms with Crippen molar-refractivity contribution in [2.24, 2.45) is 0 Å². The van der Waals surface area contributed by atoms with Crippen molar-refractivity contribution >= 4 is 22.5 Å². The summed E-state index contributed by atoms with van der Waals surface area (Å²) in [5.74, 6) is -0.205. The maximum Gasteiger partial charge on any atom is 0.258 e. The summed E-state index contributed by atoms with van der Waals surface area (Å²) in [6.45, 7) is 0.454. The van der Waals surface area contributed by atoms with Crippen molar-refractivity contribution < 1.29 is 13.9 Å². The molecule has 1 amide bonds. The number of hydrogen-bond acceptors (Lipinski definition) is 5. The number of nitrogen functional groups attached to an aromatic ring is 1. The molecular formula is C21H19FN4O2. The Morgan fingerprint density at radius 2 is 2.11 bits per heavy atom. The monoisotopic (exact) mass is 378 g/mol. The lowest BCUT2D eigenvalue weighted by Crippen LogP contribution is -2.40. The maximum atomic E-state index is 14.5. The molecule has 3 heterocycles. The Morgan fingerprint density at radius 1 is 1.29 bits per heavy atom. The molecule has 28 heavy (non-hydrogen) atoms. The van der Waals surface area contributed by atoms with Crippen molar-refractivity contribution in [1.29, 1.82) is 0 Å². The first kappa shape index (κ1) is 16.9. The van der Waals surface area contributed by atoms with Gasteiger partial charge in [0.15, 0.2) is 0 Å². The number of nitrogens with two attached hydrogens (primary N) is 1. The van der Waals surface area contributed by atoms with Crippen LogP contribution in [0.5, 0.6) is 5.88 Å². The summed E-state index contributed by atoms with van der Waals surface area (Å²) in [6.07, 6.45) is 4.31. The van der Waals surface area contributed by atoms with Crippen molar-refractivity contribution in [2.45, 2.75) is 31.8 Å². The van der Waals surface area contributed by atoms with Crippen molar-refractivity contribution in [3.8, 4) is 17.0 Å². The number of halogens is 1. The van der Waals surface area contributed by atoms with E-state index in [2.05, 4.69) is 4.98 Å². The molecule has 3 aromatic rings. The number of rotatable bonds is 3. The van der Waals surface area contributed by atoms with Gasteiger partial charge >= 0.3 is 0 Å². The lowest BCUT2D eigenvalue weighted by atomic mass is 9.92. The molecule has 0 radical (unpaired) electrons. The number of methoxy groups -OCH3 is 1. The number of amides is 1. The number of fused-ring (bicyclic) bond motifs is 2. The summed E-state index contributed by atoms with van der Waals surface area (Å²) in [5, 5.41) is 0.648. The minimum Gasteiger partial charge on any atom is -0.481 e. The first-order valence-corrected chi connectivity index (χ1v) is 9.30. The van der Waals surface area contributed by atoms with Crippen LogP contribution in [0.1, 0.15) is 35.3 Å². The molecule has 0 atom stereocenters. The number of hydrogen-bond donors (Lipinski definition) is 1. The van der Waals surface area contributed by atoms with Crippen molar-refractivity contribution in [3.05, 3.63) is 47.5 Å². The number of aromatic nitrogens is 2. The van der Waals surface area contributed by atoms with Gasteiger partial charge in [-0.3, -0.25) is 4.79 Å². The lowest BCUT2D eigenvalue weighted by molar-refractivity contribution is 0.0606.